The number of nitrogens with one attached hydrogen (secondary N) is 4. The molecule has 0 fully saturated rings. The largest absolute Gasteiger partial charge is 0.350 e. The summed E-state index contributed by atoms with van der Waals surface area (Å²) in [7, 11) is 0. The second-order valence-electron chi connectivity index (χ2n) is 6.63. The fourth-order valence-electron chi connectivity index (χ4n) is 1.87. The van der Waals surface area contributed by atoms with Gasteiger partial charge in [-0.2, -0.15) is 0 Å². The predicted octanol–water partition coefficient (Wildman–Crippen LogP) is 1.08. The van der Waals surface area contributed by atoms with E-state index in [1.165, 1.54) is 18.2 Å². The van der Waals surface area contributed by atoms with Crippen molar-refractivity contribution in [2.75, 3.05) is 19.6 Å². The van der Waals surface area contributed by atoms with E-state index in [4.69, 9.17) is 0 Å². The van der Waals surface area contributed by atoms with Crippen LogP contribution >= 0.6 is 0 Å². The molecule has 7 nitrogen and oxygen atoms in total. The van der Waals surface area contributed by atoms with Crippen LogP contribution in [0.5, 0.6) is 0 Å². The van der Waals surface area contributed by atoms with E-state index in [1.807, 2.05) is 20.8 Å². The summed E-state index contributed by atoms with van der Waals surface area (Å²) in [5, 5.41) is 10.2. The van der Waals surface area contributed by atoms with Gasteiger partial charge in [-0.05, 0) is 45.4 Å². The van der Waals surface area contributed by atoms with E-state index in [0.717, 1.165) is 0 Å². The molecule has 8 heteroatoms. The summed E-state index contributed by atoms with van der Waals surface area (Å²) in [5.41, 5.74) is 0.311. The average molecular weight is 352 g/mol. The molecule has 4 amide bonds. The van der Waals surface area contributed by atoms with Crippen LogP contribution in [0.2, 0.25) is 0 Å². The summed E-state index contributed by atoms with van der Waals surface area (Å²) < 4.78 is 13.4. The third-order valence-corrected chi connectivity index (χ3v) is 3.05. The first kappa shape index (κ1) is 20.4. The minimum absolute atomic E-state index is 0.141. The Kier molecular flexibility index (Phi) is 7.35. The van der Waals surface area contributed by atoms with E-state index < -0.39 is 17.8 Å². The molecular weight excluding hydrogens is 327 g/mol. The second kappa shape index (κ2) is 9.00. The molecule has 0 atom stereocenters. The highest BCUT2D eigenvalue weighted by atomic mass is 19.1. The molecule has 25 heavy (non-hydrogen) atoms. The molecule has 0 bridgehead atoms. The Morgan fingerprint density at radius 1 is 1.04 bits per heavy atom. The predicted molar refractivity (Wildman–Crippen MR) is 92.8 cm³/mol. The molecule has 4 N–H and O–H groups in total. The minimum atomic E-state index is -0.514. The van der Waals surface area contributed by atoms with Gasteiger partial charge in [-0.1, -0.05) is 6.07 Å². The normalized spacial score (nSPS) is 10.8. The van der Waals surface area contributed by atoms with E-state index in [2.05, 4.69) is 21.3 Å². The highest BCUT2D eigenvalue weighted by Crippen LogP contribution is 2.08. The molecule has 1 rings (SSSR count). The van der Waals surface area contributed by atoms with E-state index >= 15 is 0 Å². The zero-order valence-electron chi connectivity index (χ0n) is 15.0. The number of urea groups is 1. The van der Waals surface area contributed by atoms with Crippen LogP contribution in [0.4, 0.5) is 9.18 Å². The Bertz CT molecular complexity index is 641. The van der Waals surface area contributed by atoms with Crippen molar-refractivity contribution in [3.8, 4) is 0 Å². The van der Waals surface area contributed by atoms with Crippen LogP contribution in [0.3, 0.4) is 0 Å². The Balaban J connectivity index is 2.24. The first-order chi connectivity index (χ1) is 11.6. The maximum absolute atomic E-state index is 13.4. The number of benzene rings is 1. The van der Waals surface area contributed by atoms with Crippen molar-refractivity contribution in [1.82, 2.24) is 21.3 Å². The molecule has 0 aromatic heterocycles. The molecule has 0 spiro atoms. The van der Waals surface area contributed by atoms with Crippen molar-refractivity contribution < 1.29 is 18.8 Å². The SMILES string of the molecule is Cc1ccc(C(=O)NCCNC(=O)NCC(=O)NC(C)(C)C)cc1F. The number of halogens is 1. The lowest BCUT2D eigenvalue weighted by atomic mass is 10.1. The fraction of sp³-hybridized carbons (Fsp3) is 0.471. The molecule has 0 saturated carbocycles. The van der Waals surface area contributed by atoms with Gasteiger partial charge < -0.3 is 21.3 Å². The van der Waals surface area contributed by atoms with Crippen molar-refractivity contribution in [2.24, 2.45) is 0 Å². The Morgan fingerprint density at radius 2 is 1.68 bits per heavy atom. The van der Waals surface area contributed by atoms with Gasteiger partial charge in [-0.15, -0.1) is 0 Å². The van der Waals surface area contributed by atoms with Gasteiger partial charge in [0.1, 0.15) is 5.82 Å². The van der Waals surface area contributed by atoms with Crippen LogP contribution in [-0.4, -0.2) is 43.0 Å². The van der Waals surface area contributed by atoms with Crippen LogP contribution < -0.4 is 21.3 Å². The third kappa shape index (κ3) is 8.14. The first-order valence-corrected chi connectivity index (χ1v) is 7.95. The van der Waals surface area contributed by atoms with E-state index in [0.29, 0.717) is 5.56 Å². The van der Waals surface area contributed by atoms with Crippen molar-refractivity contribution in [1.29, 1.82) is 0 Å². The third-order valence-electron chi connectivity index (χ3n) is 3.05. The second-order valence-corrected chi connectivity index (χ2v) is 6.63. The monoisotopic (exact) mass is 352 g/mol. The summed E-state index contributed by atoms with van der Waals surface area (Å²) >= 11 is 0. The first-order valence-electron chi connectivity index (χ1n) is 7.95. The Labute approximate surface area is 146 Å². The lowest BCUT2D eigenvalue weighted by Gasteiger charge is -2.20. The van der Waals surface area contributed by atoms with Gasteiger partial charge in [-0.3, -0.25) is 9.59 Å². The molecular formula is C17H25FN4O3. The molecule has 1 aromatic rings. The van der Waals surface area contributed by atoms with Gasteiger partial charge in [0.05, 0.1) is 6.54 Å². The Morgan fingerprint density at radius 3 is 2.28 bits per heavy atom. The van der Waals surface area contributed by atoms with Gasteiger partial charge >= 0.3 is 6.03 Å². The van der Waals surface area contributed by atoms with Gasteiger partial charge in [0, 0.05) is 24.2 Å². The number of rotatable bonds is 6. The van der Waals surface area contributed by atoms with Gasteiger partial charge in [0.15, 0.2) is 0 Å². The lowest BCUT2D eigenvalue weighted by Crippen LogP contribution is -2.48. The molecule has 0 unspecified atom stereocenters. The number of carbonyl (C=O) groups is 3. The molecule has 0 aliphatic rings. The van der Waals surface area contributed by atoms with Crippen molar-refractivity contribution in [3.05, 3.63) is 35.1 Å². The summed E-state index contributed by atoms with van der Waals surface area (Å²) in [5.74, 6) is -1.17. The van der Waals surface area contributed by atoms with Crippen LogP contribution in [0.1, 0.15) is 36.7 Å². The van der Waals surface area contributed by atoms with Gasteiger partial charge in [0.2, 0.25) is 5.91 Å². The zero-order chi connectivity index (χ0) is 19.0. The van der Waals surface area contributed by atoms with Gasteiger partial charge in [0.25, 0.3) is 5.91 Å². The Hall–Kier alpha value is -2.64. The molecule has 0 saturated heterocycles. The number of amides is 4. The number of hydrogen-bond acceptors (Lipinski definition) is 3. The highest BCUT2D eigenvalue weighted by Gasteiger charge is 2.14. The lowest BCUT2D eigenvalue weighted by molar-refractivity contribution is -0.121. The smallest absolute Gasteiger partial charge is 0.315 e. The van der Waals surface area contributed by atoms with Crippen molar-refractivity contribution >= 4 is 17.8 Å². The molecule has 0 heterocycles. The van der Waals surface area contributed by atoms with Crippen LogP contribution in [-0.2, 0) is 4.79 Å². The van der Waals surface area contributed by atoms with Crippen molar-refractivity contribution in [3.63, 3.8) is 0 Å². The summed E-state index contributed by atoms with van der Waals surface area (Å²) in [6.45, 7) is 7.34. The molecule has 138 valence electrons. The number of carbonyl (C=O) groups excluding carboxylic acids is 3. The summed E-state index contributed by atoms with van der Waals surface area (Å²) in [6.07, 6.45) is 0. The van der Waals surface area contributed by atoms with Crippen LogP contribution in [0.15, 0.2) is 18.2 Å². The standard InChI is InChI=1S/C17H25FN4O3/c1-11-5-6-12(9-13(11)18)15(24)19-7-8-20-16(25)21-10-14(23)22-17(2,3)4/h5-6,9H,7-8,10H2,1-4H3,(H,19,24)(H,22,23)(H2,20,21,25). The number of hydrogen-bond donors (Lipinski definition) is 4. The maximum Gasteiger partial charge on any atom is 0.315 e. The van der Waals surface area contributed by atoms with Gasteiger partial charge in [-0.25, -0.2) is 9.18 Å². The van der Waals surface area contributed by atoms with E-state index in [-0.39, 0.29) is 36.6 Å². The minimum Gasteiger partial charge on any atom is -0.350 e. The van der Waals surface area contributed by atoms with E-state index in [9.17, 15) is 18.8 Å². The number of aryl methyl sites for hydroxylation is 1. The quantitative estimate of drug-likeness (QED) is 0.577. The molecule has 0 radical (unpaired) electrons. The maximum atomic E-state index is 13.4. The van der Waals surface area contributed by atoms with Crippen molar-refractivity contribution in [2.45, 2.75) is 33.2 Å². The average Bonchev–Trinajstić information content (AvgIpc) is 2.50. The molecule has 1 aromatic carbocycles. The molecule has 0 aliphatic carbocycles. The van der Waals surface area contributed by atoms with Crippen LogP contribution in [0.25, 0.3) is 0 Å². The van der Waals surface area contributed by atoms with E-state index in [1.54, 1.807) is 6.92 Å². The topological polar surface area (TPSA) is 99.3 Å². The zero-order valence-corrected chi connectivity index (χ0v) is 15.0. The fourth-order valence-corrected chi connectivity index (χ4v) is 1.87. The van der Waals surface area contributed by atoms with Crippen LogP contribution in [0, 0.1) is 12.7 Å². The highest BCUT2D eigenvalue weighted by molar-refractivity contribution is 5.94. The summed E-state index contributed by atoms with van der Waals surface area (Å²) in [6, 6.07) is 3.71. The summed E-state index contributed by atoms with van der Waals surface area (Å²) in [4.78, 5) is 34.9. The molecule has 0 aliphatic heterocycles.